The molecule has 0 heterocycles. The van der Waals surface area contributed by atoms with Crippen LogP contribution in [0.15, 0.2) is 46.9 Å². The molecule has 0 bridgehead atoms. The second-order valence-electron chi connectivity index (χ2n) is 4.49. The molecule has 0 aliphatic heterocycles. The van der Waals surface area contributed by atoms with Gasteiger partial charge in [0.25, 0.3) is 0 Å². The smallest absolute Gasteiger partial charge is 0.309 e. The molecule has 0 aromatic heterocycles. The Kier molecular flexibility index (Phi) is 4.96. The van der Waals surface area contributed by atoms with Gasteiger partial charge in [-0.3, -0.25) is 0 Å². The Hall–Kier alpha value is -1.04. The van der Waals surface area contributed by atoms with Crippen LogP contribution in [0, 0.1) is 0 Å². The molecule has 0 aliphatic rings. The molecule has 1 unspecified atom stereocenters. The molecule has 2 rings (SSSR count). The van der Waals surface area contributed by atoms with E-state index >= 15 is 0 Å². The van der Waals surface area contributed by atoms with Crippen LogP contribution < -0.4 is 5.32 Å². The monoisotopic (exact) mass is 377 g/mol. The second kappa shape index (κ2) is 6.38. The van der Waals surface area contributed by atoms with Gasteiger partial charge in [-0.05, 0) is 52.3 Å². The second-order valence-corrected chi connectivity index (χ2v) is 5.72. The molecular weight excluding hydrogens is 367 g/mol. The van der Waals surface area contributed by atoms with Gasteiger partial charge in [0.15, 0.2) is 0 Å². The highest BCUT2D eigenvalue weighted by Crippen LogP contribution is 2.35. The van der Waals surface area contributed by atoms with Crippen molar-refractivity contribution in [3.8, 4) is 0 Å². The zero-order valence-electron chi connectivity index (χ0n) is 11.0. The third-order valence-electron chi connectivity index (χ3n) is 3.13. The van der Waals surface area contributed by atoms with Crippen molar-refractivity contribution in [3.63, 3.8) is 0 Å². The lowest BCUT2D eigenvalue weighted by Gasteiger charge is -2.20. The first-order valence-electron chi connectivity index (χ1n) is 6.13. The summed E-state index contributed by atoms with van der Waals surface area (Å²) in [6.45, 7) is 0. The minimum absolute atomic E-state index is 0.419. The van der Waals surface area contributed by atoms with Gasteiger partial charge in [0.2, 0.25) is 0 Å². The highest BCUT2D eigenvalue weighted by atomic mass is 79.9. The zero-order chi connectivity index (χ0) is 15.6. The standard InChI is InChI=1S/C15H12BrClF3N/c1-21-14(11-6-3-7-12(16)13(11)17)9-4-2-5-10(8-9)15(18,19)20/h2-8,14,21H,1H3. The molecule has 0 fully saturated rings. The number of rotatable bonds is 3. The summed E-state index contributed by atoms with van der Waals surface area (Å²) < 4.78 is 39.2. The van der Waals surface area contributed by atoms with E-state index in [2.05, 4.69) is 21.2 Å². The number of benzene rings is 2. The third-order valence-corrected chi connectivity index (χ3v) is 4.44. The van der Waals surface area contributed by atoms with Crippen LogP contribution in [0.5, 0.6) is 0 Å². The van der Waals surface area contributed by atoms with E-state index in [0.29, 0.717) is 20.6 Å². The molecule has 0 saturated carbocycles. The van der Waals surface area contributed by atoms with Crippen LogP contribution in [-0.4, -0.2) is 7.05 Å². The molecule has 1 atom stereocenters. The van der Waals surface area contributed by atoms with E-state index in [1.807, 2.05) is 0 Å². The first kappa shape index (κ1) is 16.3. The summed E-state index contributed by atoms with van der Waals surface area (Å²) in [5.41, 5.74) is 0.548. The quantitative estimate of drug-likeness (QED) is 0.751. The van der Waals surface area contributed by atoms with Crippen LogP contribution in [0.25, 0.3) is 0 Å². The average molecular weight is 379 g/mol. The summed E-state index contributed by atoms with van der Waals surface area (Å²) in [6, 6.07) is 10.2. The van der Waals surface area contributed by atoms with Crippen molar-refractivity contribution in [1.29, 1.82) is 0 Å². The molecule has 0 amide bonds. The molecule has 0 aliphatic carbocycles. The van der Waals surface area contributed by atoms with Gasteiger partial charge >= 0.3 is 6.18 Å². The van der Waals surface area contributed by atoms with Crippen molar-refractivity contribution in [1.82, 2.24) is 5.32 Å². The first-order valence-corrected chi connectivity index (χ1v) is 7.30. The Labute approximate surface area is 134 Å². The number of nitrogens with one attached hydrogen (secondary N) is 1. The van der Waals surface area contributed by atoms with Gasteiger partial charge in [-0.2, -0.15) is 13.2 Å². The summed E-state index contributed by atoms with van der Waals surface area (Å²) in [4.78, 5) is 0. The maximum absolute atomic E-state index is 12.8. The fourth-order valence-electron chi connectivity index (χ4n) is 2.14. The van der Waals surface area contributed by atoms with Crippen LogP contribution in [-0.2, 0) is 6.18 Å². The number of halogens is 5. The topological polar surface area (TPSA) is 12.0 Å². The van der Waals surface area contributed by atoms with Crippen LogP contribution in [0.2, 0.25) is 5.02 Å². The minimum atomic E-state index is -4.37. The molecule has 2 aromatic rings. The fourth-order valence-corrected chi connectivity index (χ4v) is 2.76. The maximum atomic E-state index is 12.8. The van der Waals surface area contributed by atoms with Crippen molar-refractivity contribution in [2.75, 3.05) is 7.05 Å². The average Bonchev–Trinajstić information content (AvgIpc) is 2.44. The minimum Gasteiger partial charge on any atom is -0.309 e. The van der Waals surface area contributed by atoms with E-state index < -0.39 is 17.8 Å². The van der Waals surface area contributed by atoms with Crippen molar-refractivity contribution < 1.29 is 13.2 Å². The Morgan fingerprint density at radius 3 is 2.43 bits per heavy atom. The van der Waals surface area contributed by atoms with E-state index in [0.717, 1.165) is 12.1 Å². The predicted octanol–water partition coefficient (Wildman–Crippen LogP) is 5.43. The summed E-state index contributed by atoms with van der Waals surface area (Å²) in [7, 11) is 1.68. The van der Waals surface area contributed by atoms with Gasteiger partial charge in [0.1, 0.15) is 0 Å². The maximum Gasteiger partial charge on any atom is 0.416 e. The SMILES string of the molecule is CNC(c1cccc(C(F)(F)F)c1)c1cccc(Br)c1Cl. The number of hydrogen-bond donors (Lipinski definition) is 1. The molecule has 0 spiro atoms. The summed E-state index contributed by atoms with van der Waals surface area (Å²) in [5, 5.41) is 3.49. The van der Waals surface area contributed by atoms with Gasteiger partial charge in [0, 0.05) is 4.47 Å². The molecule has 112 valence electrons. The molecule has 1 nitrogen and oxygen atoms in total. The zero-order valence-corrected chi connectivity index (χ0v) is 13.4. The van der Waals surface area contributed by atoms with Gasteiger partial charge in [-0.1, -0.05) is 35.9 Å². The Morgan fingerprint density at radius 1 is 1.14 bits per heavy atom. The Bertz CT molecular complexity index is 643. The number of hydrogen-bond acceptors (Lipinski definition) is 1. The highest BCUT2D eigenvalue weighted by molar-refractivity contribution is 9.10. The Morgan fingerprint density at radius 2 is 1.81 bits per heavy atom. The van der Waals surface area contributed by atoms with Crippen LogP contribution >= 0.6 is 27.5 Å². The fraction of sp³-hybridized carbons (Fsp3) is 0.200. The lowest BCUT2D eigenvalue weighted by molar-refractivity contribution is -0.137. The van der Waals surface area contributed by atoms with Gasteiger partial charge in [0.05, 0.1) is 16.6 Å². The van der Waals surface area contributed by atoms with Gasteiger partial charge < -0.3 is 5.32 Å². The molecule has 0 radical (unpaired) electrons. The van der Waals surface area contributed by atoms with Crippen LogP contribution in [0.3, 0.4) is 0 Å². The van der Waals surface area contributed by atoms with Crippen LogP contribution in [0.4, 0.5) is 13.2 Å². The largest absolute Gasteiger partial charge is 0.416 e. The molecule has 6 heteroatoms. The Balaban J connectivity index is 2.49. The lowest BCUT2D eigenvalue weighted by atomic mass is 9.97. The van der Waals surface area contributed by atoms with Crippen molar-refractivity contribution >= 4 is 27.5 Å². The summed E-state index contributed by atoms with van der Waals surface area (Å²) >= 11 is 9.56. The summed E-state index contributed by atoms with van der Waals surface area (Å²) in [6.07, 6.45) is -4.37. The van der Waals surface area contributed by atoms with Crippen molar-refractivity contribution in [2.45, 2.75) is 12.2 Å². The van der Waals surface area contributed by atoms with Crippen molar-refractivity contribution in [3.05, 3.63) is 68.7 Å². The normalized spacial score (nSPS) is 13.2. The third kappa shape index (κ3) is 3.59. The van der Waals surface area contributed by atoms with Gasteiger partial charge in [-0.25, -0.2) is 0 Å². The molecule has 0 saturated heterocycles. The van der Waals surface area contributed by atoms with Crippen molar-refractivity contribution in [2.24, 2.45) is 0 Å². The van der Waals surface area contributed by atoms with Gasteiger partial charge in [-0.15, -0.1) is 0 Å². The lowest BCUT2D eigenvalue weighted by Crippen LogP contribution is -2.19. The molecule has 2 aromatic carbocycles. The molecule has 1 N–H and O–H groups in total. The highest BCUT2D eigenvalue weighted by Gasteiger charge is 2.31. The van der Waals surface area contributed by atoms with E-state index in [-0.39, 0.29) is 0 Å². The van der Waals surface area contributed by atoms with E-state index in [1.54, 1.807) is 31.3 Å². The molecule has 21 heavy (non-hydrogen) atoms. The molecular formula is C15H12BrClF3N. The van der Waals surface area contributed by atoms with E-state index in [4.69, 9.17) is 11.6 Å². The summed E-state index contributed by atoms with van der Waals surface area (Å²) in [5.74, 6) is 0. The first-order chi connectivity index (χ1) is 9.84. The number of alkyl halides is 3. The van der Waals surface area contributed by atoms with E-state index in [9.17, 15) is 13.2 Å². The van der Waals surface area contributed by atoms with Crippen LogP contribution in [0.1, 0.15) is 22.7 Å². The van der Waals surface area contributed by atoms with E-state index in [1.165, 1.54) is 6.07 Å². The predicted molar refractivity (Wildman–Crippen MR) is 81.5 cm³/mol.